The highest BCUT2D eigenvalue weighted by Crippen LogP contribution is 2.35. The monoisotopic (exact) mass is 452 g/mol. The van der Waals surface area contributed by atoms with E-state index in [1.54, 1.807) is 43.5 Å². The van der Waals surface area contributed by atoms with Crippen LogP contribution in [-0.2, 0) is 11.3 Å². The number of rotatable bonds is 7. The molecule has 4 aromatic rings. The summed E-state index contributed by atoms with van der Waals surface area (Å²) in [5.41, 5.74) is 1.90. The molecule has 0 aliphatic carbocycles. The second kappa shape index (κ2) is 9.16. The highest BCUT2D eigenvalue weighted by Gasteiger charge is 2.21. The lowest BCUT2D eigenvalue weighted by Crippen LogP contribution is -2.12. The molecule has 0 spiro atoms. The topological polar surface area (TPSA) is 116 Å². The number of carbonyl (C=O) groups is 2. The van der Waals surface area contributed by atoms with Gasteiger partial charge in [-0.3, -0.25) is 9.59 Å². The van der Waals surface area contributed by atoms with Crippen LogP contribution in [-0.4, -0.2) is 36.0 Å². The Morgan fingerprint density at radius 2 is 1.72 bits per heavy atom. The van der Waals surface area contributed by atoms with Crippen molar-refractivity contribution in [2.75, 3.05) is 24.9 Å². The van der Waals surface area contributed by atoms with Crippen LogP contribution >= 0.6 is 11.3 Å². The van der Waals surface area contributed by atoms with E-state index in [4.69, 9.17) is 13.9 Å². The van der Waals surface area contributed by atoms with Gasteiger partial charge in [0.25, 0.3) is 11.8 Å². The molecular formula is C22H20N4O5S. The zero-order valence-corrected chi connectivity index (χ0v) is 18.4. The zero-order valence-electron chi connectivity index (χ0n) is 17.6. The number of benzene rings is 1. The molecule has 32 heavy (non-hydrogen) atoms. The van der Waals surface area contributed by atoms with Gasteiger partial charge >= 0.3 is 0 Å². The lowest BCUT2D eigenvalue weighted by molar-refractivity contribution is 0.0994. The molecule has 0 saturated carbocycles. The Morgan fingerprint density at radius 3 is 2.31 bits per heavy atom. The second-order valence-electron chi connectivity index (χ2n) is 6.78. The molecule has 3 heterocycles. The van der Waals surface area contributed by atoms with Crippen molar-refractivity contribution in [3.63, 3.8) is 0 Å². The molecule has 1 aromatic carbocycles. The summed E-state index contributed by atoms with van der Waals surface area (Å²) >= 11 is 1.26. The predicted octanol–water partition coefficient (Wildman–Crippen LogP) is 4.25. The third kappa shape index (κ3) is 4.32. The highest BCUT2D eigenvalue weighted by molar-refractivity contribution is 7.20. The number of aromatic nitrogens is 2. The van der Waals surface area contributed by atoms with Gasteiger partial charge in [0.1, 0.15) is 11.4 Å². The number of furan rings is 1. The Hall–Kier alpha value is -3.76. The molecule has 0 aliphatic heterocycles. The van der Waals surface area contributed by atoms with Crippen LogP contribution in [0.1, 0.15) is 31.6 Å². The first kappa shape index (κ1) is 21.5. The van der Waals surface area contributed by atoms with Gasteiger partial charge in [-0.25, -0.2) is 4.98 Å². The number of thiophene rings is 1. The van der Waals surface area contributed by atoms with E-state index < -0.39 is 0 Å². The van der Waals surface area contributed by atoms with Crippen molar-refractivity contribution in [2.45, 2.75) is 13.5 Å². The third-order valence-corrected chi connectivity index (χ3v) is 5.81. The summed E-state index contributed by atoms with van der Waals surface area (Å²) in [4.78, 5) is 35.0. The van der Waals surface area contributed by atoms with Crippen LogP contribution in [0, 0.1) is 6.92 Å². The lowest BCUT2D eigenvalue weighted by atomic mass is 10.2. The van der Waals surface area contributed by atoms with Gasteiger partial charge in [0, 0.05) is 18.5 Å². The maximum atomic E-state index is 12.9. The smallest absolute Gasteiger partial charge is 0.291 e. The van der Waals surface area contributed by atoms with Crippen molar-refractivity contribution in [2.24, 2.45) is 0 Å². The van der Waals surface area contributed by atoms with Gasteiger partial charge in [-0.2, -0.15) is 4.98 Å². The van der Waals surface area contributed by atoms with Crippen LogP contribution in [0.2, 0.25) is 0 Å². The fraction of sp³-hybridized carbons (Fsp3) is 0.182. The van der Waals surface area contributed by atoms with E-state index in [2.05, 4.69) is 20.6 Å². The van der Waals surface area contributed by atoms with Crippen molar-refractivity contribution < 1.29 is 23.5 Å². The third-order valence-electron chi connectivity index (χ3n) is 4.62. The van der Waals surface area contributed by atoms with Gasteiger partial charge in [-0.05, 0) is 48.9 Å². The number of methoxy groups -OCH3 is 2. The Morgan fingerprint density at radius 1 is 1.03 bits per heavy atom. The molecule has 0 fully saturated rings. The summed E-state index contributed by atoms with van der Waals surface area (Å²) < 4.78 is 15.6. The summed E-state index contributed by atoms with van der Waals surface area (Å²) in [5.74, 6) is 0.488. The summed E-state index contributed by atoms with van der Waals surface area (Å²) in [6, 6.07) is 10.0. The molecule has 0 saturated heterocycles. The molecule has 0 bridgehead atoms. The van der Waals surface area contributed by atoms with Gasteiger partial charge < -0.3 is 24.5 Å². The molecule has 0 radical (unpaired) electrons. The minimum Gasteiger partial charge on any atom is -0.480 e. The van der Waals surface area contributed by atoms with Gasteiger partial charge in [0.15, 0.2) is 11.6 Å². The number of hydrogen-bond acceptors (Lipinski definition) is 8. The number of ether oxygens (including phenoxy) is 2. The number of carbonyl (C=O) groups excluding carboxylic acids is 2. The first-order chi connectivity index (χ1) is 15.5. The van der Waals surface area contributed by atoms with Gasteiger partial charge in [-0.15, -0.1) is 11.3 Å². The molecular weight excluding hydrogens is 432 g/mol. The van der Waals surface area contributed by atoms with Crippen molar-refractivity contribution in [1.82, 2.24) is 9.97 Å². The maximum absolute atomic E-state index is 12.9. The van der Waals surface area contributed by atoms with E-state index in [1.807, 2.05) is 6.92 Å². The van der Waals surface area contributed by atoms with Crippen LogP contribution < -0.4 is 15.4 Å². The Kier molecular flexibility index (Phi) is 6.15. The first-order valence-electron chi connectivity index (χ1n) is 9.59. The summed E-state index contributed by atoms with van der Waals surface area (Å²) in [5, 5.41) is 6.31. The Labute approximate surface area is 187 Å². The number of aryl methyl sites for hydroxylation is 1. The molecule has 9 nitrogen and oxygen atoms in total. The van der Waals surface area contributed by atoms with E-state index in [-0.39, 0.29) is 24.2 Å². The van der Waals surface area contributed by atoms with Crippen molar-refractivity contribution >= 4 is 44.7 Å². The summed E-state index contributed by atoms with van der Waals surface area (Å²) in [7, 11) is 3.09. The normalized spacial score (nSPS) is 10.8. The van der Waals surface area contributed by atoms with E-state index in [9.17, 15) is 9.59 Å². The molecule has 4 rings (SSSR count). The predicted molar refractivity (Wildman–Crippen MR) is 120 cm³/mol. The SMILES string of the molecule is COCc1nc(OC)c2c(C)c(C(=O)Nc3ccc(NC(=O)c4ccco4)cc3)sc2n1. The number of nitrogens with one attached hydrogen (secondary N) is 2. The van der Waals surface area contributed by atoms with Gasteiger partial charge in [0.2, 0.25) is 5.88 Å². The average molecular weight is 452 g/mol. The van der Waals surface area contributed by atoms with Crippen LogP contribution in [0.15, 0.2) is 47.1 Å². The molecule has 0 atom stereocenters. The quantitative estimate of drug-likeness (QED) is 0.431. The minimum absolute atomic E-state index is 0.217. The number of hydrogen-bond donors (Lipinski definition) is 2. The molecule has 2 amide bonds. The fourth-order valence-electron chi connectivity index (χ4n) is 3.13. The second-order valence-corrected chi connectivity index (χ2v) is 7.78. The van der Waals surface area contributed by atoms with Gasteiger partial charge in [-0.1, -0.05) is 0 Å². The zero-order chi connectivity index (χ0) is 22.7. The lowest BCUT2D eigenvalue weighted by Gasteiger charge is -2.07. The molecule has 3 aromatic heterocycles. The largest absolute Gasteiger partial charge is 0.480 e. The molecule has 0 unspecified atom stereocenters. The van der Waals surface area contributed by atoms with E-state index >= 15 is 0 Å². The van der Waals surface area contributed by atoms with Crippen molar-refractivity contribution in [1.29, 1.82) is 0 Å². The summed E-state index contributed by atoms with van der Waals surface area (Å²) in [6.07, 6.45) is 1.43. The van der Waals surface area contributed by atoms with E-state index in [1.165, 1.54) is 24.7 Å². The Bertz CT molecular complexity index is 1270. The van der Waals surface area contributed by atoms with Gasteiger partial charge in [0.05, 0.1) is 23.6 Å². The van der Waals surface area contributed by atoms with E-state index in [0.29, 0.717) is 38.2 Å². The first-order valence-corrected chi connectivity index (χ1v) is 10.4. The fourth-order valence-corrected chi connectivity index (χ4v) is 4.21. The number of nitrogens with zero attached hydrogens (tertiary/aromatic N) is 2. The van der Waals surface area contributed by atoms with Crippen LogP contribution in [0.3, 0.4) is 0 Å². The van der Waals surface area contributed by atoms with Crippen LogP contribution in [0.25, 0.3) is 10.2 Å². The highest BCUT2D eigenvalue weighted by atomic mass is 32.1. The maximum Gasteiger partial charge on any atom is 0.291 e. The van der Waals surface area contributed by atoms with Crippen molar-refractivity contribution in [3.05, 3.63) is 64.7 Å². The molecule has 2 N–H and O–H groups in total. The molecule has 10 heteroatoms. The van der Waals surface area contributed by atoms with Crippen molar-refractivity contribution in [3.8, 4) is 5.88 Å². The average Bonchev–Trinajstić information content (AvgIpc) is 3.43. The Balaban J connectivity index is 1.52. The minimum atomic E-state index is -0.351. The van der Waals surface area contributed by atoms with Crippen LogP contribution in [0.5, 0.6) is 5.88 Å². The number of fused-ring (bicyclic) bond motifs is 1. The standard InChI is InChI=1S/C22H20N4O5S/c1-12-17-21(30-3)25-16(11-29-2)26-22(17)32-18(12)20(28)24-14-8-6-13(7-9-14)23-19(27)15-5-4-10-31-15/h4-10H,11H2,1-3H3,(H,23,27)(H,24,28). The summed E-state index contributed by atoms with van der Waals surface area (Å²) in [6.45, 7) is 2.08. The van der Waals surface area contributed by atoms with Crippen LogP contribution in [0.4, 0.5) is 11.4 Å². The molecule has 164 valence electrons. The number of amides is 2. The van der Waals surface area contributed by atoms with E-state index in [0.717, 1.165) is 5.56 Å². The molecule has 0 aliphatic rings. The number of anilines is 2.